The maximum absolute atomic E-state index is 12.7. The van der Waals surface area contributed by atoms with Gasteiger partial charge in [0.25, 0.3) is 0 Å². The molecule has 0 radical (unpaired) electrons. The summed E-state index contributed by atoms with van der Waals surface area (Å²) in [5.41, 5.74) is 0.892. The Bertz CT molecular complexity index is 307. The third kappa shape index (κ3) is 9.91. The van der Waals surface area contributed by atoms with E-state index in [-0.39, 0.29) is 6.29 Å². The lowest BCUT2D eigenvalue weighted by Crippen LogP contribution is -2.30. The molecule has 0 unspecified atom stereocenters. The van der Waals surface area contributed by atoms with Crippen LogP contribution in [0.4, 0.5) is 0 Å². The zero-order valence-corrected chi connectivity index (χ0v) is 15.2. The van der Waals surface area contributed by atoms with Crippen LogP contribution in [-0.4, -0.2) is 28.6 Å². The molecular weight excluding hydrogens is 269 g/mol. The SMILES string of the molecule is CC(C)=NCP(=O)(O[Si](C)(C)C)O[Si](C)(C)C. The lowest BCUT2D eigenvalue weighted by atomic mass is 10.5. The van der Waals surface area contributed by atoms with E-state index in [4.69, 9.17) is 8.43 Å². The number of nitrogens with zero attached hydrogens (tertiary/aromatic N) is 1. The van der Waals surface area contributed by atoms with Crippen molar-refractivity contribution in [1.29, 1.82) is 0 Å². The van der Waals surface area contributed by atoms with E-state index in [1.807, 2.05) is 53.1 Å². The topological polar surface area (TPSA) is 47.9 Å². The predicted octanol–water partition coefficient (Wildman–Crippen LogP) is 4.32. The fourth-order valence-corrected chi connectivity index (χ4v) is 9.22. The molecule has 4 nitrogen and oxygen atoms in total. The van der Waals surface area contributed by atoms with Gasteiger partial charge in [-0.15, -0.1) is 0 Å². The summed E-state index contributed by atoms with van der Waals surface area (Å²) in [6, 6.07) is 0. The Morgan fingerprint density at radius 2 is 1.35 bits per heavy atom. The highest BCUT2D eigenvalue weighted by Crippen LogP contribution is 2.52. The molecule has 0 aromatic carbocycles. The second-order valence-corrected chi connectivity index (χ2v) is 17.7. The Balaban J connectivity index is 4.95. The van der Waals surface area contributed by atoms with Crippen molar-refractivity contribution in [3.05, 3.63) is 0 Å². The number of hydrogen-bond acceptors (Lipinski definition) is 4. The summed E-state index contributed by atoms with van der Waals surface area (Å²) in [4.78, 5) is 4.21. The van der Waals surface area contributed by atoms with Gasteiger partial charge in [0.15, 0.2) is 16.6 Å². The highest BCUT2D eigenvalue weighted by molar-refractivity contribution is 7.57. The molecule has 0 aliphatic rings. The van der Waals surface area contributed by atoms with Crippen LogP contribution in [0.5, 0.6) is 0 Å². The Hall–Kier alpha value is 0.254. The molecule has 102 valence electrons. The molecule has 0 rings (SSSR count). The van der Waals surface area contributed by atoms with Crippen LogP contribution in [0.2, 0.25) is 39.3 Å². The molecule has 0 atom stereocenters. The van der Waals surface area contributed by atoms with Crippen molar-refractivity contribution in [3.8, 4) is 0 Å². The Morgan fingerprint density at radius 3 is 1.59 bits per heavy atom. The van der Waals surface area contributed by atoms with Gasteiger partial charge in [-0.3, -0.25) is 9.56 Å². The van der Waals surface area contributed by atoms with Crippen molar-refractivity contribution in [2.75, 3.05) is 6.29 Å². The fourth-order valence-electron chi connectivity index (χ4n) is 1.14. The van der Waals surface area contributed by atoms with E-state index >= 15 is 0 Å². The van der Waals surface area contributed by atoms with Gasteiger partial charge in [0.1, 0.15) is 6.29 Å². The van der Waals surface area contributed by atoms with E-state index < -0.39 is 24.2 Å². The third-order valence-electron chi connectivity index (χ3n) is 1.39. The molecular formula is C10H26NO3PSi2. The van der Waals surface area contributed by atoms with Crippen LogP contribution in [0, 0.1) is 0 Å². The van der Waals surface area contributed by atoms with Gasteiger partial charge in [-0.2, -0.15) is 0 Å². The maximum atomic E-state index is 12.7. The van der Waals surface area contributed by atoms with Gasteiger partial charge in [-0.25, -0.2) is 0 Å². The summed E-state index contributed by atoms with van der Waals surface area (Å²) in [6.45, 7) is 15.8. The van der Waals surface area contributed by atoms with Crippen LogP contribution in [0.15, 0.2) is 4.99 Å². The molecule has 0 spiro atoms. The molecule has 0 amide bonds. The van der Waals surface area contributed by atoms with Gasteiger partial charge in [0.05, 0.1) is 0 Å². The normalized spacial score (nSPS) is 13.6. The fraction of sp³-hybridized carbons (Fsp3) is 0.900. The van der Waals surface area contributed by atoms with E-state index in [9.17, 15) is 4.57 Å². The molecule has 0 aliphatic carbocycles. The van der Waals surface area contributed by atoms with Crippen molar-refractivity contribution in [2.45, 2.75) is 53.1 Å². The van der Waals surface area contributed by atoms with E-state index in [0.717, 1.165) is 5.71 Å². The van der Waals surface area contributed by atoms with Gasteiger partial charge in [-0.05, 0) is 53.1 Å². The summed E-state index contributed by atoms with van der Waals surface area (Å²) in [7, 11) is -6.88. The van der Waals surface area contributed by atoms with Gasteiger partial charge < -0.3 is 8.43 Å². The van der Waals surface area contributed by atoms with Crippen LogP contribution < -0.4 is 0 Å². The van der Waals surface area contributed by atoms with Crippen LogP contribution in [0.1, 0.15) is 13.8 Å². The monoisotopic (exact) mass is 295 g/mol. The standard InChI is InChI=1S/C10H26NO3PSi2/c1-10(2)11-9-15(12,13-16(3,4)5)14-17(6,7)8/h9H2,1-8H3. The van der Waals surface area contributed by atoms with Crippen LogP contribution in [0.25, 0.3) is 0 Å². The van der Waals surface area contributed by atoms with E-state index in [2.05, 4.69) is 4.99 Å². The Kier molecular flexibility index (Phi) is 6.02. The van der Waals surface area contributed by atoms with Crippen molar-refractivity contribution >= 4 is 29.9 Å². The lowest BCUT2D eigenvalue weighted by Gasteiger charge is -2.30. The van der Waals surface area contributed by atoms with Crippen LogP contribution >= 0.6 is 7.60 Å². The van der Waals surface area contributed by atoms with Crippen molar-refractivity contribution in [3.63, 3.8) is 0 Å². The largest absolute Gasteiger partial charge is 0.350 e. The number of aliphatic imine (C=N–C) groups is 1. The van der Waals surface area contributed by atoms with E-state index in [1.165, 1.54) is 0 Å². The molecule has 0 fully saturated rings. The smallest absolute Gasteiger partial charge is 0.332 e. The minimum absolute atomic E-state index is 0.143. The minimum atomic E-state index is -3.08. The molecule has 0 bridgehead atoms. The first kappa shape index (κ1) is 17.3. The molecule has 0 aromatic rings. The van der Waals surface area contributed by atoms with E-state index in [1.54, 1.807) is 0 Å². The first-order valence-electron chi connectivity index (χ1n) is 5.81. The quantitative estimate of drug-likeness (QED) is 0.416. The third-order valence-corrected chi connectivity index (χ3v) is 8.48. The number of hydrogen-bond donors (Lipinski definition) is 0. The first-order chi connectivity index (χ1) is 7.33. The van der Waals surface area contributed by atoms with Crippen LogP contribution in [-0.2, 0) is 13.0 Å². The summed E-state index contributed by atoms with van der Waals surface area (Å²) >= 11 is 0. The lowest BCUT2D eigenvalue weighted by molar-refractivity contribution is 0.384. The van der Waals surface area contributed by atoms with Crippen molar-refractivity contribution in [2.24, 2.45) is 4.99 Å². The van der Waals surface area contributed by atoms with Crippen LogP contribution in [0.3, 0.4) is 0 Å². The Labute approximate surface area is 108 Å². The molecule has 17 heavy (non-hydrogen) atoms. The molecule has 0 aromatic heterocycles. The van der Waals surface area contributed by atoms with Gasteiger partial charge in [0, 0.05) is 5.71 Å². The molecule has 0 N–H and O–H groups in total. The number of rotatable bonds is 6. The van der Waals surface area contributed by atoms with Gasteiger partial charge >= 0.3 is 7.60 Å². The van der Waals surface area contributed by atoms with Crippen molar-refractivity contribution < 1.29 is 13.0 Å². The molecule has 0 heterocycles. The zero-order valence-electron chi connectivity index (χ0n) is 12.3. The molecule has 0 saturated heterocycles. The Morgan fingerprint density at radius 1 is 1.00 bits per heavy atom. The highest BCUT2D eigenvalue weighted by atomic mass is 31.2. The second-order valence-electron chi connectivity index (χ2n) is 6.26. The van der Waals surface area contributed by atoms with E-state index in [0.29, 0.717) is 0 Å². The van der Waals surface area contributed by atoms with Crippen molar-refractivity contribution in [1.82, 2.24) is 0 Å². The van der Waals surface area contributed by atoms with Gasteiger partial charge in [0.2, 0.25) is 0 Å². The first-order valence-corrected chi connectivity index (χ1v) is 14.4. The summed E-state index contributed by atoms with van der Waals surface area (Å²) in [5.74, 6) is 0. The highest BCUT2D eigenvalue weighted by Gasteiger charge is 2.36. The summed E-state index contributed by atoms with van der Waals surface area (Å²) < 4.78 is 24.2. The zero-order chi connectivity index (χ0) is 13.9. The second kappa shape index (κ2) is 5.93. The van der Waals surface area contributed by atoms with Gasteiger partial charge in [-0.1, -0.05) is 0 Å². The average molecular weight is 295 g/mol. The maximum Gasteiger partial charge on any atom is 0.332 e. The predicted molar refractivity (Wildman–Crippen MR) is 80.1 cm³/mol. The molecule has 0 aliphatic heterocycles. The molecule has 0 saturated carbocycles. The summed E-state index contributed by atoms with van der Waals surface area (Å²) in [6.07, 6.45) is 0.143. The summed E-state index contributed by atoms with van der Waals surface area (Å²) in [5, 5.41) is 0. The average Bonchev–Trinajstić information content (AvgIpc) is 1.93. The minimum Gasteiger partial charge on any atom is -0.350 e. The molecule has 7 heteroatoms.